The Morgan fingerprint density at radius 2 is 1.05 bits per heavy atom. The van der Waals surface area contributed by atoms with Crippen LogP contribution in [0.2, 0.25) is 0 Å². The van der Waals surface area contributed by atoms with Gasteiger partial charge in [-0.1, -0.05) is 59.7 Å². The van der Waals surface area contributed by atoms with Crippen molar-refractivity contribution in [1.29, 1.82) is 0 Å². The summed E-state index contributed by atoms with van der Waals surface area (Å²) in [5.41, 5.74) is 8.38. The normalized spacial score (nSPS) is 11.5. The van der Waals surface area contributed by atoms with Gasteiger partial charge in [-0.05, 0) is 74.2 Å². The molecule has 7 nitrogen and oxygen atoms in total. The van der Waals surface area contributed by atoms with Crippen LogP contribution >= 0.6 is 0 Å². The average Bonchev–Trinajstić information content (AvgIpc) is 3.40. The van der Waals surface area contributed by atoms with Crippen molar-refractivity contribution in [3.8, 4) is 11.5 Å². The highest BCUT2D eigenvalue weighted by molar-refractivity contribution is 5.84. The minimum absolute atomic E-state index is 0.340. The van der Waals surface area contributed by atoms with Gasteiger partial charge >= 0.3 is 11.5 Å². The third-order valence-corrected chi connectivity index (χ3v) is 7.19. The third-order valence-electron chi connectivity index (χ3n) is 7.19. The molecule has 7 heteroatoms. The highest BCUT2D eigenvalue weighted by Crippen LogP contribution is 2.34. The Morgan fingerprint density at radius 1 is 0.615 bits per heavy atom. The van der Waals surface area contributed by atoms with Crippen molar-refractivity contribution in [2.75, 3.05) is 0 Å². The van der Waals surface area contributed by atoms with Gasteiger partial charge in [-0.25, -0.2) is 9.59 Å². The molecule has 6 rings (SSSR count). The van der Waals surface area contributed by atoms with Crippen LogP contribution in [0.4, 0.5) is 0 Å². The molecule has 0 fully saturated rings. The van der Waals surface area contributed by atoms with Gasteiger partial charge in [0.15, 0.2) is 22.7 Å². The van der Waals surface area contributed by atoms with Crippen LogP contribution in [0.5, 0.6) is 11.5 Å². The van der Waals surface area contributed by atoms with Crippen LogP contribution in [0.25, 0.3) is 22.2 Å². The average molecular weight is 521 g/mol. The van der Waals surface area contributed by atoms with Gasteiger partial charge in [-0.2, -0.15) is 0 Å². The van der Waals surface area contributed by atoms with Gasteiger partial charge in [0, 0.05) is 0 Å². The highest BCUT2D eigenvalue weighted by Gasteiger charge is 2.20. The Kier molecular flexibility index (Phi) is 5.99. The van der Waals surface area contributed by atoms with Crippen molar-refractivity contribution in [2.24, 2.45) is 0 Å². The molecule has 0 atom stereocenters. The van der Waals surface area contributed by atoms with E-state index < -0.39 is 11.5 Å². The van der Waals surface area contributed by atoms with E-state index in [0.717, 1.165) is 33.4 Å². The number of benzene rings is 4. The number of rotatable bonds is 6. The Labute approximate surface area is 224 Å². The summed E-state index contributed by atoms with van der Waals surface area (Å²) in [6, 6.07) is 23.0. The molecule has 0 unspecified atom stereocenters. The lowest BCUT2D eigenvalue weighted by atomic mass is 10.1. The fourth-order valence-electron chi connectivity index (χ4n) is 5.03. The van der Waals surface area contributed by atoms with Crippen molar-refractivity contribution >= 4 is 22.2 Å². The summed E-state index contributed by atoms with van der Waals surface area (Å²) in [6.45, 7) is 8.77. The fourth-order valence-corrected chi connectivity index (χ4v) is 5.03. The maximum atomic E-state index is 13.0. The molecule has 0 saturated carbocycles. The molecule has 39 heavy (non-hydrogen) atoms. The van der Waals surface area contributed by atoms with E-state index in [2.05, 4.69) is 12.1 Å². The zero-order chi connectivity index (χ0) is 27.3. The molecule has 6 aromatic rings. The lowest BCUT2D eigenvalue weighted by molar-refractivity contribution is 0.485. The first-order chi connectivity index (χ1) is 18.8. The minimum Gasteiger partial charge on any atom is -0.453 e. The second-order valence-electron chi connectivity index (χ2n) is 10.1. The van der Waals surface area contributed by atoms with Gasteiger partial charge in [0.2, 0.25) is 0 Å². The molecule has 196 valence electrons. The van der Waals surface area contributed by atoms with Crippen LogP contribution in [0.1, 0.15) is 33.4 Å². The van der Waals surface area contributed by atoms with Crippen molar-refractivity contribution in [1.82, 2.24) is 9.13 Å². The lowest BCUT2D eigenvalue weighted by Crippen LogP contribution is -2.16. The van der Waals surface area contributed by atoms with E-state index in [1.165, 1.54) is 0 Å². The standard InChI is InChI=1S/C32H28N2O5/c1-19-11-13-21(3)23(15-19)17-33-29-25(7-5-9-27(29)38-31(33)35)37-26-8-6-10-28-30(26)34(32(36)39-28)18-24-16-20(2)12-14-22(24)4/h5-16H,17-18H2,1-4H3. The first-order valence-corrected chi connectivity index (χ1v) is 12.8. The van der Waals surface area contributed by atoms with Crippen LogP contribution in [-0.2, 0) is 13.1 Å². The molecule has 0 radical (unpaired) electrons. The number of fused-ring (bicyclic) bond motifs is 2. The number of hydrogen-bond donors (Lipinski definition) is 0. The van der Waals surface area contributed by atoms with Crippen LogP contribution in [-0.4, -0.2) is 9.13 Å². The van der Waals surface area contributed by atoms with Crippen molar-refractivity contribution < 1.29 is 13.6 Å². The number of para-hydroxylation sites is 2. The smallest absolute Gasteiger partial charge is 0.420 e. The van der Waals surface area contributed by atoms with Gasteiger partial charge in [0.25, 0.3) is 0 Å². The molecule has 0 amide bonds. The van der Waals surface area contributed by atoms with E-state index in [9.17, 15) is 9.59 Å². The topological polar surface area (TPSA) is 79.5 Å². The first-order valence-electron chi connectivity index (χ1n) is 12.8. The summed E-state index contributed by atoms with van der Waals surface area (Å²) in [4.78, 5) is 25.9. The SMILES string of the molecule is Cc1ccc(C)c(Cn2c(=O)oc3cccc(Oc4cccc5oc(=O)n(Cc6cc(C)ccc6C)c45)c32)c1. The maximum Gasteiger partial charge on any atom is 0.420 e. The van der Waals surface area contributed by atoms with Gasteiger partial charge in [0.1, 0.15) is 11.0 Å². The summed E-state index contributed by atoms with van der Waals surface area (Å²) in [5.74, 6) is -0.0307. The Morgan fingerprint density at radius 3 is 1.49 bits per heavy atom. The minimum atomic E-state index is -0.463. The predicted octanol–water partition coefficient (Wildman–Crippen LogP) is 6.62. The molecule has 0 aliphatic heterocycles. The number of ether oxygens (including phenoxy) is 1. The third kappa shape index (κ3) is 4.46. The molecule has 0 aliphatic carbocycles. The largest absolute Gasteiger partial charge is 0.453 e. The molecule has 0 spiro atoms. The van der Waals surface area contributed by atoms with Crippen molar-refractivity contribution in [3.05, 3.63) is 127 Å². The molecule has 0 saturated heterocycles. The zero-order valence-corrected chi connectivity index (χ0v) is 22.3. The maximum absolute atomic E-state index is 13.0. The lowest BCUT2D eigenvalue weighted by Gasteiger charge is -2.13. The summed E-state index contributed by atoms with van der Waals surface area (Å²) in [5, 5.41) is 0. The van der Waals surface area contributed by atoms with Crippen LogP contribution < -0.4 is 16.2 Å². The summed E-state index contributed by atoms with van der Waals surface area (Å²) >= 11 is 0. The summed E-state index contributed by atoms with van der Waals surface area (Å²) in [6.07, 6.45) is 0. The van der Waals surface area contributed by atoms with E-state index in [-0.39, 0.29) is 0 Å². The predicted molar refractivity (Wildman–Crippen MR) is 151 cm³/mol. The Hall–Kier alpha value is -4.78. The molecule has 2 heterocycles. The van der Waals surface area contributed by atoms with Gasteiger partial charge in [0.05, 0.1) is 13.1 Å². The van der Waals surface area contributed by atoms with E-state index in [4.69, 9.17) is 13.6 Å². The van der Waals surface area contributed by atoms with Gasteiger partial charge < -0.3 is 13.6 Å². The second kappa shape index (κ2) is 9.51. The van der Waals surface area contributed by atoms with E-state index >= 15 is 0 Å². The highest BCUT2D eigenvalue weighted by atomic mass is 16.5. The fraction of sp³-hybridized carbons (Fsp3) is 0.188. The van der Waals surface area contributed by atoms with Gasteiger partial charge in [-0.15, -0.1) is 0 Å². The van der Waals surface area contributed by atoms with Crippen molar-refractivity contribution in [2.45, 2.75) is 40.8 Å². The summed E-state index contributed by atoms with van der Waals surface area (Å²) in [7, 11) is 0. The monoisotopic (exact) mass is 520 g/mol. The molecule has 4 aromatic carbocycles. The van der Waals surface area contributed by atoms with Crippen LogP contribution in [0.3, 0.4) is 0 Å². The molecular weight excluding hydrogens is 492 g/mol. The molecular formula is C32H28N2O5. The number of oxazole rings is 2. The quantitative estimate of drug-likeness (QED) is 0.246. The molecule has 2 aromatic heterocycles. The number of aromatic nitrogens is 2. The zero-order valence-electron chi connectivity index (χ0n) is 22.3. The van der Waals surface area contributed by atoms with Gasteiger partial charge in [-0.3, -0.25) is 9.13 Å². The van der Waals surface area contributed by atoms with E-state index in [1.54, 1.807) is 45.5 Å². The Bertz CT molecular complexity index is 1840. The number of aryl methyl sites for hydroxylation is 4. The van der Waals surface area contributed by atoms with Crippen LogP contribution in [0.15, 0.2) is 91.2 Å². The first kappa shape index (κ1) is 24.6. The van der Waals surface area contributed by atoms with Crippen molar-refractivity contribution in [3.63, 3.8) is 0 Å². The number of nitrogens with zero attached hydrogens (tertiary/aromatic N) is 2. The second-order valence-corrected chi connectivity index (χ2v) is 10.1. The summed E-state index contributed by atoms with van der Waals surface area (Å²) < 4.78 is 20.8. The molecule has 0 N–H and O–H groups in total. The van der Waals surface area contributed by atoms with E-state index in [0.29, 0.717) is 46.8 Å². The Balaban J connectivity index is 1.47. The molecule has 0 bridgehead atoms. The van der Waals surface area contributed by atoms with Crippen LogP contribution in [0, 0.1) is 27.7 Å². The molecule has 0 aliphatic rings. The number of hydrogen-bond acceptors (Lipinski definition) is 5. The van der Waals surface area contributed by atoms with E-state index in [1.807, 2.05) is 52.0 Å².